The topological polar surface area (TPSA) is 101 Å². The van der Waals surface area contributed by atoms with Crippen LogP contribution >= 0.6 is 11.6 Å². The minimum atomic E-state index is -3.45. The Morgan fingerprint density at radius 1 is 1.45 bits per heavy atom. The second-order valence-electron chi connectivity index (χ2n) is 4.54. The maximum Gasteiger partial charge on any atom is 0.277 e. The summed E-state index contributed by atoms with van der Waals surface area (Å²) >= 11 is 5.87. The molecule has 9 heteroatoms. The van der Waals surface area contributed by atoms with E-state index < -0.39 is 15.7 Å². The van der Waals surface area contributed by atoms with Crippen molar-refractivity contribution >= 4 is 33.0 Å². The van der Waals surface area contributed by atoms with Crippen LogP contribution in [0.25, 0.3) is 0 Å². The first-order valence-electron chi connectivity index (χ1n) is 6.31. The molecule has 0 aliphatic carbocycles. The van der Waals surface area contributed by atoms with Crippen LogP contribution in [0.2, 0.25) is 5.02 Å². The van der Waals surface area contributed by atoms with Gasteiger partial charge >= 0.3 is 0 Å². The molecule has 7 nitrogen and oxygen atoms in total. The first-order chi connectivity index (χ1) is 10.2. The highest BCUT2D eigenvalue weighted by atomic mass is 35.5. The molecule has 0 fully saturated rings. The first-order valence-corrected chi connectivity index (χ1v) is 8.34. The number of rotatable bonds is 4. The van der Waals surface area contributed by atoms with Crippen molar-refractivity contribution in [1.29, 1.82) is 0 Å². The number of phenolic OH excluding ortho intramolecular Hbond substituents is 1. The Hall–Kier alpha value is -2.06. The summed E-state index contributed by atoms with van der Waals surface area (Å²) in [4.78, 5) is 12.1. The van der Waals surface area contributed by atoms with E-state index in [2.05, 4.69) is 10.4 Å². The number of halogens is 1. The molecular weight excluding hydrogens is 330 g/mol. The molecule has 2 N–H and O–H groups in total. The molecule has 0 radical (unpaired) electrons. The molecule has 0 aliphatic rings. The van der Waals surface area contributed by atoms with Crippen LogP contribution in [0.1, 0.15) is 17.4 Å². The smallest absolute Gasteiger partial charge is 0.277 e. The number of aromatic nitrogens is 2. The van der Waals surface area contributed by atoms with E-state index in [1.165, 1.54) is 36.0 Å². The van der Waals surface area contributed by atoms with Gasteiger partial charge in [-0.3, -0.25) is 9.48 Å². The second-order valence-corrected chi connectivity index (χ2v) is 7.22. The molecule has 0 unspecified atom stereocenters. The lowest BCUT2D eigenvalue weighted by Gasteiger charge is -2.09. The van der Waals surface area contributed by atoms with Crippen LogP contribution in [0.4, 0.5) is 5.69 Å². The Morgan fingerprint density at radius 2 is 2.14 bits per heavy atom. The minimum Gasteiger partial charge on any atom is -0.506 e. The average molecular weight is 344 g/mol. The van der Waals surface area contributed by atoms with Gasteiger partial charge in [0.05, 0.1) is 21.4 Å². The number of carbonyl (C=O) groups excluding carboxylic acids is 1. The molecule has 1 aromatic carbocycles. The Balaban J connectivity index is 2.35. The number of hydrogen-bond acceptors (Lipinski definition) is 5. The zero-order chi connectivity index (χ0) is 16.5. The van der Waals surface area contributed by atoms with Crippen molar-refractivity contribution in [1.82, 2.24) is 9.78 Å². The molecule has 0 atom stereocenters. The van der Waals surface area contributed by atoms with Gasteiger partial charge in [-0.15, -0.1) is 0 Å². The molecule has 0 saturated heterocycles. The van der Waals surface area contributed by atoms with Crippen molar-refractivity contribution in [3.8, 4) is 5.75 Å². The van der Waals surface area contributed by atoms with E-state index in [0.29, 0.717) is 0 Å². The van der Waals surface area contributed by atoms with Gasteiger partial charge in [0, 0.05) is 13.2 Å². The van der Waals surface area contributed by atoms with Crippen LogP contribution in [0, 0.1) is 0 Å². The number of aromatic hydroxyl groups is 1. The third kappa shape index (κ3) is 3.23. The number of nitrogens with zero attached hydrogens (tertiary/aromatic N) is 2. The van der Waals surface area contributed by atoms with Crippen LogP contribution in [-0.4, -0.2) is 35.0 Å². The van der Waals surface area contributed by atoms with E-state index in [9.17, 15) is 18.3 Å². The van der Waals surface area contributed by atoms with Crippen molar-refractivity contribution in [2.75, 3.05) is 11.1 Å². The summed E-state index contributed by atoms with van der Waals surface area (Å²) in [5.74, 6) is -0.987. The maximum absolute atomic E-state index is 12.1. The molecule has 0 spiro atoms. The van der Waals surface area contributed by atoms with Crippen LogP contribution in [0.15, 0.2) is 29.3 Å². The number of carbonyl (C=O) groups is 1. The van der Waals surface area contributed by atoms with E-state index in [0.717, 1.165) is 0 Å². The quantitative estimate of drug-likeness (QED) is 0.825. The molecule has 2 aromatic rings. The third-order valence-corrected chi connectivity index (χ3v) is 4.96. The zero-order valence-electron chi connectivity index (χ0n) is 11.9. The lowest BCUT2D eigenvalue weighted by atomic mass is 10.3. The summed E-state index contributed by atoms with van der Waals surface area (Å²) in [5, 5.41) is 16.2. The largest absolute Gasteiger partial charge is 0.506 e. The van der Waals surface area contributed by atoms with Crippen molar-refractivity contribution < 1.29 is 18.3 Å². The highest BCUT2D eigenvalue weighted by Gasteiger charge is 2.18. The third-order valence-electron chi connectivity index (χ3n) is 2.95. The molecule has 1 amide bonds. The second kappa shape index (κ2) is 5.98. The molecule has 22 heavy (non-hydrogen) atoms. The SMILES string of the molecule is CCS(=O)(=O)c1ccc(O)c(NC(=O)c2nn(C)cc2Cl)c1. The van der Waals surface area contributed by atoms with Crippen LogP contribution < -0.4 is 5.32 Å². The van der Waals surface area contributed by atoms with E-state index in [4.69, 9.17) is 11.6 Å². The maximum atomic E-state index is 12.1. The molecular formula is C13H14ClN3O4S. The predicted molar refractivity (Wildman–Crippen MR) is 82.0 cm³/mol. The van der Waals surface area contributed by atoms with Gasteiger partial charge in [-0.05, 0) is 18.2 Å². The average Bonchev–Trinajstić information content (AvgIpc) is 2.80. The van der Waals surface area contributed by atoms with Gasteiger partial charge < -0.3 is 10.4 Å². The normalized spacial score (nSPS) is 11.4. The number of amides is 1. The fourth-order valence-electron chi connectivity index (χ4n) is 1.77. The number of anilines is 1. The fraction of sp³-hybridized carbons (Fsp3) is 0.231. The first kappa shape index (κ1) is 16.3. The lowest BCUT2D eigenvalue weighted by molar-refractivity contribution is 0.102. The Morgan fingerprint density at radius 3 is 2.68 bits per heavy atom. The van der Waals surface area contributed by atoms with Crippen LogP contribution in [-0.2, 0) is 16.9 Å². The fourth-order valence-corrected chi connectivity index (χ4v) is 2.94. The summed E-state index contributed by atoms with van der Waals surface area (Å²) in [6.45, 7) is 1.51. The molecule has 0 bridgehead atoms. The van der Waals surface area contributed by atoms with Gasteiger partial charge in [0.15, 0.2) is 15.5 Å². The number of phenols is 1. The predicted octanol–water partition coefficient (Wildman–Crippen LogP) is 1.82. The Labute approximate surface area is 132 Å². The van der Waals surface area contributed by atoms with Crippen molar-refractivity contribution in [2.24, 2.45) is 7.05 Å². The molecule has 1 aromatic heterocycles. The molecule has 1 heterocycles. The van der Waals surface area contributed by atoms with Gasteiger partial charge in [-0.25, -0.2) is 8.42 Å². The van der Waals surface area contributed by atoms with Gasteiger partial charge in [-0.1, -0.05) is 18.5 Å². The zero-order valence-corrected chi connectivity index (χ0v) is 13.4. The summed E-state index contributed by atoms with van der Waals surface area (Å²) in [7, 11) is -1.84. The number of aryl methyl sites for hydroxylation is 1. The van der Waals surface area contributed by atoms with Gasteiger partial charge in [0.1, 0.15) is 5.75 Å². The summed E-state index contributed by atoms with van der Waals surface area (Å²) in [6, 6.07) is 3.68. The number of hydrogen-bond donors (Lipinski definition) is 2. The highest BCUT2D eigenvalue weighted by Crippen LogP contribution is 2.28. The molecule has 2 rings (SSSR count). The summed E-state index contributed by atoms with van der Waals surface area (Å²) in [6.07, 6.45) is 1.45. The molecule has 0 aliphatic heterocycles. The number of sulfone groups is 1. The molecule has 118 valence electrons. The van der Waals surface area contributed by atoms with E-state index in [1.54, 1.807) is 7.05 Å². The summed E-state index contributed by atoms with van der Waals surface area (Å²) in [5.41, 5.74) is -0.0476. The van der Waals surface area contributed by atoms with Gasteiger partial charge in [-0.2, -0.15) is 5.10 Å². The van der Waals surface area contributed by atoms with Crippen molar-refractivity contribution in [3.63, 3.8) is 0 Å². The van der Waals surface area contributed by atoms with E-state index >= 15 is 0 Å². The van der Waals surface area contributed by atoms with E-state index in [-0.39, 0.29) is 32.8 Å². The van der Waals surface area contributed by atoms with Crippen molar-refractivity contribution in [2.45, 2.75) is 11.8 Å². The monoisotopic (exact) mass is 343 g/mol. The van der Waals surface area contributed by atoms with Crippen LogP contribution in [0.3, 0.4) is 0 Å². The number of nitrogens with one attached hydrogen (secondary N) is 1. The minimum absolute atomic E-state index is 0.00946. The summed E-state index contributed by atoms with van der Waals surface area (Å²) < 4.78 is 25.1. The highest BCUT2D eigenvalue weighted by molar-refractivity contribution is 7.91. The standard InChI is InChI=1S/C13H14ClN3O4S/c1-3-22(20,21)8-4-5-11(18)10(6-8)15-13(19)12-9(14)7-17(2)16-12/h4-7,18H,3H2,1-2H3,(H,15,19). The molecule has 0 saturated carbocycles. The Kier molecular flexibility index (Phi) is 4.43. The Bertz CT molecular complexity index is 830. The number of benzene rings is 1. The van der Waals surface area contributed by atoms with Gasteiger partial charge in [0.25, 0.3) is 5.91 Å². The lowest BCUT2D eigenvalue weighted by Crippen LogP contribution is -2.14. The van der Waals surface area contributed by atoms with Crippen molar-refractivity contribution in [3.05, 3.63) is 35.1 Å². The van der Waals surface area contributed by atoms with Crippen LogP contribution in [0.5, 0.6) is 5.75 Å². The van der Waals surface area contributed by atoms with Gasteiger partial charge in [0.2, 0.25) is 0 Å². The van der Waals surface area contributed by atoms with E-state index in [1.807, 2.05) is 0 Å².